The summed E-state index contributed by atoms with van der Waals surface area (Å²) in [4.78, 5) is -0.185. The van der Waals surface area contributed by atoms with Crippen LogP contribution < -0.4 is 4.48 Å². The lowest BCUT2D eigenvalue weighted by Gasteiger charge is -2.52. The predicted molar refractivity (Wildman–Crippen MR) is 96.0 cm³/mol. The molecule has 0 aliphatic carbocycles. The Kier molecular flexibility index (Phi) is 4.97. The van der Waals surface area contributed by atoms with Crippen LogP contribution in [0, 0.1) is 0 Å². The van der Waals surface area contributed by atoms with E-state index in [0.717, 1.165) is 43.4 Å². The van der Waals surface area contributed by atoms with Crippen LogP contribution in [0.4, 0.5) is 5.69 Å². The highest BCUT2D eigenvalue weighted by Gasteiger charge is 2.48. The van der Waals surface area contributed by atoms with Crippen molar-refractivity contribution in [3.8, 4) is 0 Å². The van der Waals surface area contributed by atoms with Gasteiger partial charge in [-0.3, -0.25) is 4.48 Å². The van der Waals surface area contributed by atoms with Gasteiger partial charge in [-0.1, -0.05) is 36.4 Å². The van der Waals surface area contributed by atoms with E-state index in [0.29, 0.717) is 0 Å². The average Bonchev–Trinajstić information content (AvgIpc) is 2.64. The third kappa shape index (κ3) is 4.10. The van der Waals surface area contributed by atoms with Crippen LogP contribution in [0.5, 0.6) is 0 Å². The van der Waals surface area contributed by atoms with Gasteiger partial charge in [0, 0.05) is 19.3 Å². The highest BCUT2D eigenvalue weighted by Crippen LogP contribution is 2.40. The monoisotopic (exact) mass is 361 g/mol. The van der Waals surface area contributed by atoms with E-state index in [9.17, 15) is 18.1 Å². The number of hydrogen-bond donors (Lipinski definition) is 1. The highest BCUT2D eigenvalue weighted by atomic mass is 32.2. The fourth-order valence-electron chi connectivity index (χ4n) is 3.70. The lowest BCUT2D eigenvalue weighted by molar-refractivity contribution is -0.0677. The number of fused-ring (bicyclic) bond motifs is 3. The molecule has 3 heterocycles. The number of rotatable bonds is 2. The summed E-state index contributed by atoms with van der Waals surface area (Å²) in [6.45, 7) is 3.33. The van der Waals surface area contributed by atoms with Gasteiger partial charge in [0.15, 0.2) is 0 Å². The number of hydrogen-bond acceptors (Lipinski definition) is 4. The van der Waals surface area contributed by atoms with Crippen molar-refractivity contribution >= 4 is 15.8 Å². The van der Waals surface area contributed by atoms with Crippen molar-refractivity contribution in [2.24, 2.45) is 0 Å². The first kappa shape index (κ1) is 18.1. The number of aliphatic hydroxyl groups is 1. The number of quaternary nitrogens is 1. The van der Waals surface area contributed by atoms with E-state index in [2.05, 4.69) is 30.3 Å². The van der Waals surface area contributed by atoms with Crippen molar-refractivity contribution in [1.82, 2.24) is 4.48 Å². The van der Waals surface area contributed by atoms with E-state index < -0.39 is 10.1 Å². The van der Waals surface area contributed by atoms with Gasteiger partial charge in [0.1, 0.15) is 15.8 Å². The molecule has 5 nitrogen and oxygen atoms in total. The zero-order valence-corrected chi connectivity index (χ0v) is 14.9. The van der Waals surface area contributed by atoms with E-state index in [4.69, 9.17) is 0 Å². The van der Waals surface area contributed by atoms with Crippen LogP contribution in [0.1, 0.15) is 19.3 Å². The maximum atomic E-state index is 10.3. The summed E-state index contributed by atoms with van der Waals surface area (Å²) in [6.07, 6.45) is 2.92. The maximum Gasteiger partial charge on any atom is 0.132 e. The SMILES string of the molecule is O=S(=O)([O-])c1ccccc1.OC12CC[N+](c3ccccc3)(CC1)CC2. The summed E-state index contributed by atoms with van der Waals surface area (Å²) in [5.41, 5.74) is 1.11. The lowest BCUT2D eigenvalue weighted by Crippen LogP contribution is -2.65. The smallest absolute Gasteiger partial charge is 0.132 e. The largest absolute Gasteiger partial charge is 0.744 e. The van der Waals surface area contributed by atoms with Gasteiger partial charge in [0.05, 0.1) is 30.1 Å². The Labute approximate surface area is 148 Å². The van der Waals surface area contributed by atoms with Crippen LogP contribution in [0.15, 0.2) is 65.6 Å². The molecule has 2 bridgehead atoms. The molecule has 2 aromatic rings. The molecular weight excluding hydrogens is 338 g/mol. The van der Waals surface area contributed by atoms with E-state index >= 15 is 0 Å². The minimum absolute atomic E-state index is 0.185. The van der Waals surface area contributed by atoms with Gasteiger partial charge in [-0.2, -0.15) is 0 Å². The second-order valence-corrected chi connectivity index (χ2v) is 8.27. The van der Waals surface area contributed by atoms with Crippen molar-refractivity contribution < 1.29 is 18.1 Å². The average molecular weight is 361 g/mol. The molecule has 3 aliphatic rings. The van der Waals surface area contributed by atoms with E-state index in [1.165, 1.54) is 30.0 Å². The van der Waals surface area contributed by atoms with Crippen LogP contribution >= 0.6 is 0 Å². The molecule has 3 saturated heterocycles. The standard InChI is InChI=1S/C13H18NO.C6H6O3S/c15-13-6-9-14(10-7-13,11-8-13)12-4-2-1-3-5-12;7-10(8,9)6-4-2-1-3-5-6/h1-5,15H,6-11H2;1-5H,(H,7,8,9)/q+1;/p-1. The Balaban J connectivity index is 0.000000160. The molecule has 0 spiro atoms. The molecule has 0 radical (unpaired) electrons. The molecular formula is C19H23NO4S. The van der Waals surface area contributed by atoms with Gasteiger partial charge >= 0.3 is 0 Å². The van der Waals surface area contributed by atoms with Crippen molar-refractivity contribution in [2.45, 2.75) is 29.8 Å². The molecule has 0 amide bonds. The Hall–Kier alpha value is -1.73. The van der Waals surface area contributed by atoms with Gasteiger partial charge in [-0.15, -0.1) is 0 Å². The molecule has 1 N–H and O–H groups in total. The van der Waals surface area contributed by atoms with Gasteiger partial charge in [0.2, 0.25) is 0 Å². The fraction of sp³-hybridized carbons (Fsp3) is 0.368. The highest BCUT2D eigenvalue weighted by molar-refractivity contribution is 7.85. The second-order valence-electron chi connectivity index (χ2n) is 6.89. The molecule has 25 heavy (non-hydrogen) atoms. The zero-order chi connectivity index (χ0) is 18.0. The van der Waals surface area contributed by atoms with Crippen LogP contribution in [-0.2, 0) is 10.1 Å². The lowest BCUT2D eigenvalue weighted by atomic mass is 9.81. The van der Waals surface area contributed by atoms with E-state index in [1.54, 1.807) is 6.07 Å². The molecule has 3 aliphatic heterocycles. The number of nitrogens with zero attached hydrogens (tertiary/aromatic N) is 1. The third-order valence-corrected chi connectivity index (χ3v) is 6.20. The molecule has 0 aromatic heterocycles. The van der Waals surface area contributed by atoms with Gasteiger partial charge in [0.25, 0.3) is 0 Å². The molecule has 0 unspecified atom stereocenters. The molecule has 6 heteroatoms. The Morgan fingerprint density at radius 3 is 1.68 bits per heavy atom. The third-order valence-electron chi connectivity index (χ3n) is 5.35. The summed E-state index contributed by atoms with van der Waals surface area (Å²) in [6, 6.07) is 18.0. The summed E-state index contributed by atoms with van der Waals surface area (Å²) in [5, 5.41) is 10.2. The summed E-state index contributed by atoms with van der Waals surface area (Å²) < 4.78 is 31.9. The maximum absolute atomic E-state index is 10.3. The van der Waals surface area contributed by atoms with Crippen molar-refractivity contribution in [3.05, 3.63) is 60.7 Å². The number of para-hydroxylation sites is 1. The van der Waals surface area contributed by atoms with Crippen LogP contribution in [-0.4, -0.2) is 43.3 Å². The fourth-order valence-corrected chi connectivity index (χ4v) is 4.19. The minimum atomic E-state index is -4.25. The van der Waals surface area contributed by atoms with E-state index in [1.807, 2.05) is 0 Å². The van der Waals surface area contributed by atoms with Gasteiger partial charge < -0.3 is 9.66 Å². The van der Waals surface area contributed by atoms with E-state index in [-0.39, 0.29) is 10.5 Å². The van der Waals surface area contributed by atoms with Crippen molar-refractivity contribution in [2.75, 3.05) is 19.6 Å². The Bertz CT molecular complexity index is 781. The number of piperidine rings is 3. The first-order valence-corrected chi connectivity index (χ1v) is 9.89. The quantitative estimate of drug-likeness (QED) is 0.659. The van der Waals surface area contributed by atoms with Crippen LogP contribution in [0.2, 0.25) is 0 Å². The van der Waals surface area contributed by atoms with Crippen molar-refractivity contribution in [3.63, 3.8) is 0 Å². The number of benzene rings is 2. The topological polar surface area (TPSA) is 77.4 Å². The molecule has 5 rings (SSSR count). The molecule has 0 saturated carbocycles. The summed E-state index contributed by atoms with van der Waals surface area (Å²) >= 11 is 0. The first-order chi connectivity index (χ1) is 11.8. The normalized spacial score (nSPS) is 28.1. The first-order valence-electron chi connectivity index (χ1n) is 8.48. The van der Waals surface area contributed by atoms with Gasteiger partial charge in [-0.25, -0.2) is 8.42 Å². The Morgan fingerprint density at radius 1 is 0.840 bits per heavy atom. The molecule has 134 valence electrons. The van der Waals surface area contributed by atoms with Crippen LogP contribution in [0.25, 0.3) is 0 Å². The Morgan fingerprint density at radius 2 is 1.28 bits per heavy atom. The molecule has 0 atom stereocenters. The zero-order valence-electron chi connectivity index (χ0n) is 14.0. The van der Waals surface area contributed by atoms with Crippen LogP contribution in [0.3, 0.4) is 0 Å². The predicted octanol–water partition coefficient (Wildman–Crippen LogP) is 2.51. The molecule has 2 aromatic carbocycles. The second kappa shape index (κ2) is 6.88. The summed E-state index contributed by atoms with van der Waals surface area (Å²) in [7, 11) is -4.25. The van der Waals surface area contributed by atoms with Gasteiger partial charge in [-0.05, 0) is 24.3 Å². The summed E-state index contributed by atoms with van der Waals surface area (Å²) in [5.74, 6) is 0. The minimum Gasteiger partial charge on any atom is -0.744 e. The molecule has 3 fully saturated rings. The van der Waals surface area contributed by atoms with Crippen molar-refractivity contribution in [1.29, 1.82) is 0 Å².